The van der Waals surface area contributed by atoms with Crippen LogP contribution in [0.15, 0.2) is 81.9 Å². The Hall–Kier alpha value is -4.92. The van der Waals surface area contributed by atoms with Crippen molar-refractivity contribution in [3.8, 4) is 0 Å². The van der Waals surface area contributed by atoms with Crippen molar-refractivity contribution in [3.63, 3.8) is 0 Å². The van der Waals surface area contributed by atoms with Crippen molar-refractivity contribution < 1.29 is 28.3 Å². The molecule has 9 nitrogen and oxygen atoms in total. The fourth-order valence-corrected chi connectivity index (χ4v) is 3.97. The second-order valence-corrected chi connectivity index (χ2v) is 8.79. The van der Waals surface area contributed by atoms with Crippen molar-refractivity contribution in [3.05, 3.63) is 100 Å². The summed E-state index contributed by atoms with van der Waals surface area (Å²) in [5.74, 6) is -2.02. The number of benzene rings is 2. The molecule has 0 saturated heterocycles. The van der Waals surface area contributed by atoms with Crippen LogP contribution in [0.3, 0.4) is 0 Å². The standard InChI is InChI=1S/C29H27N3O6/c1-17-5-9-20(10-6-17)31-27(34)26(33)30-16-23-14-13-22(38-23)15-24-25(29(36)37-4)19(3)32(28(24)35)21-11-7-18(2)8-12-21/h5-15H,16H2,1-4H3,(H,30,33)(H,31,34)/b24-15+. The first-order valence-electron chi connectivity index (χ1n) is 11.8. The molecule has 2 heterocycles. The van der Waals surface area contributed by atoms with Crippen molar-refractivity contribution in [1.82, 2.24) is 5.32 Å². The van der Waals surface area contributed by atoms with E-state index >= 15 is 0 Å². The molecule has 0 atom stereocenters. The summed E-state index contributed by atoms with van der Waals surface area (Å²) in [6.45, 7) is 5.49. The summed E-state index contributed by atoms with van der Waals surface area (Å²) in [5, 5.41) is 5.03. The first-order valence-corrected chi connectivity index (χ1v) is 11.8. The smallest absolute Gasteiger partial charge is 0.340 e. The summed E-state index contributed by atoms with van der Waals surface area (Å²) in [6, 6.07) is 17.6. The maximum absolute atomic E-state index is 13.4. The third-order valence-corrected chi connectivity index (χ3v) is 5.99. The summed E-state index contributed by atoms with van der Waals surface area (Å²) in [6.07, 6.45) is 1.46. The second kappa shape index (κ2) is 11.0. The van der Waals surface area contributed by atoms with Crippen LogP contribution in [0.25, 0.3) is 6.08 Å². The zero-order chi connectivity index (χ0) is 27.4. The Morgan fingerprint density at radius 1 is 0.895 bits per heavy atom. The normalized spacial score (nSPS) is 14.2. The maximum Gasteiger partial charge on any atom is 0.340 e. The van der Waals surface area contributed by atoms with Gasteiger partial charge in [0, 0.05) is 17.1 Å². The van der Waals surface area contributed by atoms with E-state index in [2.05, 4.69) is 10.6 Å². The van der Waals surface area contributed by atoms with Crippen LogP contribution >= 0.6 is 0 Å². The molecule has 0 radical (unpaired) electrons. The second-order valence-electron chi connectivity index (χ2n) is 8.79. The highest BCUT2D eigenvalue weighted by atomic mass is 16.5. The fraction of sp³-hybridized carbons (Fsp3) is 0.172. The average Bonchev–Trinajstić information content (AvgIpc) is 3.45. The van der Waals surface area contributed by atoms with Gasteiger partial charge in [0.25, 0.3) is 5.91 Å². The Morgan fingerprint density at radius 2 is 1.53 bits per heavy atom. The molecule has 2 aromatic carbocycles. The number of nitrogens with zero attached hydrogens (tertiary/aromatic N) is 1. The monoisotopic (exact) mass is 513 g/mol. The van der Waals surface area contributed by atoms with Gasteiger partial charge in [0.1, 0.15) is 11.5 Å². The molecule has 1 aliphatic heterocycles. The quantitative estimate of drug-likeness (QED) is 0.292. The molecule has 4 rings (SSSR count). The molecule has 0 spiro atoms. The minimum atomic E-state index is -0.826. The number of rotatable bonds is 6. The van der Waals surface area contributed by atoms with Gasteiger partial charge in [-0.1, -0.05) is 35.4 Å². The summed E-state index contributed by atoms with van der Waals surface area (Å²) < 4.78 is 10.7. The van der Waals surface area contributed by atoms with Gasteiger partial charge in [-0.25, -0.2) is 4.79 Å². The lowest BCUT2D eigenvalue weighted by molar-refractivity contribution is -0.136. The highest BCUT2D eigenvalue weighted by Gasteiger charge is 2.38. The molecular formula is C29H27N3O6. The van der Waals surface area contributed by atoms with Gasteiger partial charge in [-0.15, -0.1) is 0 Å². The van der Waals surface area contributed by atoms with Crippen LogP contribution in [0.1, 0.15) is 29.6 Å². The van der Waals surface area contributed by atoms with Crippen LogP contribution in [-0.2, 0) is 30.5 Å². The zero-order valence-electron chi connectivity index (χ0n) is 21.5. The Labute approximate surface area is 219 Å². The highest BCUT2D eigenvalue weighted by Crippen LogP contribution is 2.35. The molecule has 0 saturated carbocycles. The van der Waals surface area contributed by atoms with E-state index < -0.39 is 23.7 Å². The number of amides is 3. The predicted molar refractivity (Wildman–Crippen MR) is 142 cm³/mol. The molecule has 9 heteroatoms. The Kier molecular flexibility index (Phi) is 7.57. The van der Waals surface area contributed by atoms with E-state index in [0.29, 0.717) is 28.6 Å². The lowest BCUT2D eigenvalue weighted by Gasteiger charge is -2.18. The van der Waals surface area contributed by atoms with Crippen LogP contribution < -0.4 is 15.5 Å². The number of ether oxygens (including phenoxy) is 1. The molecule has 0 unspecified atom stereocenters. The lowest BCUT2D eigenvalue weighted by atomic mass is 10.1. The number of hydrogen-bond acceptors (Lipinski definition) is 6. The number of hydrogen-bond donors (Lipinski definition) is 2. The van der Waals surface area contributed by atoms with E-state index in [1.54, 1.807) is 43.3 Å². The Balaban J connectivity index is 1.48. The van der Waals surface area contributed by atoms with E-state index in [0.717, 1.165) is 11.1 Å². The lowest BCUT2D eigenvalue weighted by Crippen LogP contribution is -2.34. The van der Waals surface area contributed by atoms with Gasteiger partial charge in [0.15, 0.2) is 0 Å². The molecule has 1 aliphatic rings. The molecule has 0 aliphatic carbocycles. The van der Waals surface area contributed by atoms with Gasteiger partial charge in [-0.2, -0.15) is 0 Å². The van der Waals surface area contributed by atoms with Crippen LogP contribution in [0, 0.1) is 13.8 Å². The van der Waals surface area contributed by atoms with Crippen LogP contribution in [0.2, 0.25) is 0 Å². The van der Waals surface area contributed by atoms with Gasteiger partial charge in [-0.05, 0) is 63.2 Å². The van der Waals surface area contributed by atoms with Crippen LogP contribution in [0.5, 0.6) is 0 Å². The number of carbonyl (C=O) groups excluding carboxylic acids is 4. The number of methoxy groups -OCH3 is 1. The molecular weight excluding hydrogens is 486 g/mol. The van der Waals surface area contributed by atoms with E-state index in [9.17, 15) is 19.2 Å². The number of anilines is 2. The molecule has 2 N–H and O–H groups in total. The van der Waals surface area contributed by atoms with Crippen molar-refractivity contribution in [2.45, 2.75) is 27.3 Å². The topological polar surface area (TPSA) is 118 Å². The molecule has 194 valence electrons. The number of nitrogens with one attached hydrogen (secondary N) is 2. The molecule has 3 aromatic rings. The largest absolute Gasteiger partial charge is 0.465 e. The SMILES string of the molecule is COC(=O)C1=C(C)N(c2ccc(C)cc2)C(=O)/C1=C/c1ccc(CNC(=O)C(=O)Nc2ccc(C)cc2)o1. The first-order chi connectivity index (χ1) is 18.2. The summed E-state index contributed by atoms with van der Waals surface area (Å²) in [5.41, 5.74) is 3.89. The Morgan fingerprint density at radius 3 is 2.16 bits per heavy atom. The number of aryl methyl sites for hydroxylation is 2. The number of allylic oxidation sites excluding steroid dienone is 1. The summed E-state index contributed by atoms with van der Waals surface area (Å²) in [4.78, 5) is 51.8. The van der Waals surface area contributed by atoms with Gasteiger partial charge in [0.05, 0.1) is 24.8 Å². The summed E-state index contributed by atoms with van der Waals surface area (Å²) in [7, 11) is 1.25. The number of esters is 1. The van der Waals surface area contributed by atoms with Crippen LogP contribution in [-0.4, -0.2) is 30.8 Å². The number of furan rings is 1. The number of carbonyl (C=O) groups is 4. The van der Waals surface area contributed by atoms with Crippen molar-refractivity contribution in [1.29, 1.82) is 0 Å². The third-order valence-electron chi connectivity index (χ3n) is 5.99. The molecule has 3 amide bonds. The molecule has 0 bridgehead atoms. The molecule has 1 aromatic heterocycles. The first kappa shape index (κ1) is 26.2. The minimum Gasteiger partial charge on any atom is -0.465 e. The van der Waals surface area contributed by atoms with E-state index in [1.165, 1.54) is 18.1 Å². The zero-order valence-corrected chi connectivity index (χ0v) is 21.5. The summed E-state index contributed by atoms with van der Waals surface area (Å²) >= 11 is 0. The van der Waals surface area contributed by atoms with Gasteiger partial charge in [-0.3, -0.25) is 19.3 Å². The minimum absolute atomic E-state index is 0.0501. The van der Waals surface area contributed by atoms with Crippen molar-refractivity contribution in [2.24, 2.45) is 0 Å². The van der Waals surface area contributed by atoms with Gasteiger partial charge >= 0.3 is 17.8 Å². The van der Waals surface area contributed by atoms with Gasteiger partial charge < -0.3 is 19.8 Å². The average molecular weight is 514 g/mol. The third kappa shape index (κ3) is 5.57. The van der Waals surface area contributed by atoms with Crippen molar-refractivity contribution in [2.75, 3.05) is 17.3 Å². The van der Waals surface area contributed by atoms with E-state index in [-0.39, 0.29) is 17.7 Å². The highest BCUT2D eigenvalue weighted by molar-refractivity contribution is 6.39. The molecule has 0 fully saturated rings. The van der Waals surface area contributed by atoms with Crippen LogP contribution in [0.4, 0.5) is 11.4 Å². The Bertz CT molecular complexity index is 1460. The molecule has 38 heavy (non-hydrogen) atoms. The van der Waals surface area contributed by atoms with Gasteiger partial charge in [0.2, 0.25) is 0 Å². The van der Waals surface area contributed by atoms with E-state index in [4.69, 9.17) is 9.15 Å². The maximum atomic E-state index is 13.4. The predicted octanol–water partition coefficient (Wildman–Crippen LogP) is 4.03. The van der Waals surface area contributed by atoms with E-state index in [1.807, 2.05) is 38.1 Å². The fourth-order valence-electron chi connectivity index (χ4n) is 3.97. The van der Waals surface area contributed by atoms with Crippen molar-refractivity contribution >= 4 is 41.1 Å².